The fourth-order valence-electron chi connectivity index (χ4n) is 0.880. The van der Waals surface area contributed by atoms with Gasteiger partial charge in [0.05, 0.1) is 5.69 Å². The third-order valence-electron chi connectivity index (χ3n) is 1.60. The topological polar surface area (TPSA) is 29.1 Å². The smallest absolute Gasteiger partial charge is 0.211 e. The lowest BCUT2D eigenvalue weighted by Crippen LogP contribution is -2.00. The molecule has 0 aliphatic carbocycles. The first-order chi connectivity index (χ1) is 6.07. The highest BCUT2D eigenvalue weighted by Gasteiger charge is 2.12. The molecule has 70 valence electrons. The third-order valence-corrected chi connectivity index (χ3v) is 3.05. The maximum atomic E-state index is 13.4. The van der Waals surface area contributed by atoms with Gasteiger partial charge in [-0.25, -0.2) is 4.39 Å². The van der Waals surface area contributed by atoms with Crippen molar-refractivity contribution in [1.29, 1.82) is 0 Å². The Kier molecular flexibility index (Phi) is 3.44. The summed E-state index contributed by atoms with van der Waals surface area (Å²) in [6, 6.07) is 1.68. The summed E-state index contributed by atoms with van der Waals surface area (Å²) in [6.45, 7) is 1.63. The molecule has 0 saturated heterocycles. The molecule has 1 N–H and O–H groups in total. The number of rotatable bonds is 2. The van der Waals surface area contributed by atoms with E-state index in [2.05, 4.69) is 37.2 Å². The predicted octanol–water partition coefficient (Wildman–Crippen LogP) is 3.23. The fraction of sp³-hybridized carbons (Fsp3) is 0.125. The maximum Gasteiger partial charge on any atom is 0.211 e. The minimum absolute atomic E-state index is 0.163. The summed E-state index contributed by atoms with van der Waals surface area (Å²) in [6.07, 6.45) is 0.441. The van der Waals surface area contributed by atoms with Crippen molar-refractivity contribution in [2.75, 3.05) is 5.32 Å². The molecule has 0 radical (unpaired) electrons. The first kappa shape index (κ1) is 10.7. The molecule has 0 atom stereocenters. The van der Waals surface area contributed by atoms with Crippen molar-refractivity contribution >= 4 is 44.0 Å². The molecule has 0 aliphatic rings. The molecule has 5 heteroatoms. The third kappa shape index (κ3) is 2.08. The van der Waals surface area contributed by atoms with E-state index in [9.17, 15) is 9.18 Å². The molecule has 0 aromatic heterocycles. The molecule has 0 heterocycles. The van der Waals surface area contributed by atoms with Crippen LogP contribution in [0.5, 0.6) is 0 Å². The van der Waals surface area contributed by atoms with E-state index in [4.69, 9.17) is 0 Å². The van der Waals surface area contributed by atoms with E-state index in [1.807, 2.05) is 0 Å². The summed E-state index contributed by atoms with van der Waals surface area (Å²) in [7, 11) is 0. The van der Waals surface area contributed by atoms with Crippen LogP contribution in [0.4, 0.5) is 10.1 Å². The molecule has 0 saturated carbocycles. The largest absolute Gasteiger partial charge is 0.325 e. The first-order valence-corrected chi connectivity index (χ1v) is 5.00. The molecular formula is C8H6Br2FNO. The Balaban J connectivity index is 3.34. The molecule has 1 aromatic carbocycles. The second-order valence-corrected chi connectivity index (χ2v) is 4.13. The van der Waals surface area contributed by atoms with Crippen molar-refractivity contribution in [3.63, 3.8) is 0 Å². The van der Waals surface area contributed by atoms with E-state index >= 15 is 0 Å². The quantitative estimate of drug-likeness (QED) is 0.835. The van der Waals surface area contributed by atoms with Crippen LogP contribution in [0, 0.1) is 12.7 Å². The van der Waals surface area contributed by atoms with E-state index in [0.29, 0.717) is 20.9 Å². The zero-order chi connectivity index (χ0) is 10.0. The summed E-state index contributed by atoms with van der Waals surface area (Å²) < 4.78 is 14.6. The Bertz CT molecular complexity index is 354. The zero-order valence-corrected chi connectivity index (χ0v) is 9.87. The second-order valence-electron chi connectivity index (χ2n) is 2.42. The predicted molar refractivity (Wildman–Crippen MR) is 56.2 cm³/mol. The number of hydrogen-bond acceptors (Lipinski definition) is 1. The Hall–Kier alpha value is -0.420. The molecule has 13 heavy (non-hydrogen) atoms. The highest BCUT2D eigenvalue weighted by atomic mass is 79.9. The summed E-state index contributed by atoms with van der Waals surface area (Å²) >= 11 is 6.34. The number of amides is 1. The second kappa shape index (κ2) is 4.19. The van der Waals surface area contributed by atoms with Crippen molar-refractivity contribution in [2.45, 2.75) is 6.92 Å². The van der Waals surface area contributed by atoms with Crippen molar-refractivity contribution in [3.8, 4) is 0 Å². The van der Waals surface area contributed by atoms with E-state index in [0.717, 1.165) is 0 Å². The van der Waals surface area contributed by atoms with E-state index in [1.54, 1.807) is 13.0 Å². The van der Waals surface area contributed by atoms with Crippen LogP contribution in [-0.2, 0) is 4.79 Å². The van der Waals surface area contributed by atoms with Crippen LogP contribution in [0.1, 0.15) is 5.56 Å². The summed E-state index contributed by atoms with van der Waals surface area (Å²) in [5.74, 6) is -0.437. The van der Waals surface area contributed by atoms with Crippen LogP contribution in [0.3, 0.4) is 0 Å². The van der Waals surface area contributed by atoms with Gasteiger partial charge in [-0.1, -0.05) is 15.9 Å². The van der Waals surface area contributed by atoms with Gasteiger partial charge in [0.15, 0.2) is 5.82 Å². The van der Waals surface area contributed by atoms with Gasteiger partial charge in [0, 0.05) is 14.5 Å². The molecule has 0 spiro atoms. The van der Waals surface area contributed by atoms with Crippen LogP contribution in [0.15, 0.2) is 15.0 Å². The average Bonchev–Trinajstić information content (AvgIpc) is 2.09. The normalized spacial score (nSPS) is 9.85. The molecule has 0 unspecified atom stereocenters. The van der Waals surface area contributed by atoms with Crippen LogP contribution in [0.25, 0.3) is 0 Å². The van der Waals surface area contributed by atoms with Gasteiger partial charge < -0.3 is 5.32 Å². The van der Waals surface area contributed by atoms with Crippen molar-refractivity contribution in [2.24, 2.45) is 0 Å². The number of halogens is 3. The lowest BCUT2D eigenvalue weighted by molar-refractivity contribution is -0.105. The van der Waals surface area contributed by atoms with Crippen LogP contribution in [0.2, 0.25) is 0 Å². The molecule has 2 nitrogen and oxygen atoms in total. The summed E-state index contributed by atoms with van der Waals surface area (Å²) in [5.41, 5.74) is 0.628. The fourth-order valence-corrected chi connectivity index (χ4v) is 2.11. The van der Waals surface area contributed by atoms with Gasteiger partial charge >= 0.3 is 0 Å². The molecule has 1 rings (SSSR count). The van der Waals surface area contributed by atoms with E-state index in [1.165, 1.54) is 0 Å². The molecule has 1 amide bonds. The highest BCUT2D eigenvalue weighted by molar-refractivity contribution is 9.11. The van der Waals surface area contributed by atoms with Crippen LogP contribution in [-0.4, -0.2) is 6.41 Å². The van der Waals surface area contributed by atoms with Gasteiger partial charge in [-0.3, -0.25) is 4.79 Å². The number of carbonyl (C=O) groups excluding carboxylic acids is 1. The lowest BCUT2D eigenvalue weighted by atomic mass is 10.2. The minimum atomic E-state index is -0.437. The Morgan fingerprint density at radius 3 is 2.62 bits per heavy atom. The van der Waals surface area contributed by atoms with Gasteiger partial charge in [0.2, 0.25) is 6.41 Å². The average molecular weight is 311 g/mol. The van der Waals surface area contributed by atoms with Crippen LogP contribution < -0.4 is 5.32 Å². The van der Waals surface area contributed by atoms with Crippen molar-refractivity contribution in [1.82, 2.24) is 0 Å². The van der Waals surface area contributed by atoms with Gasteiger partial charge in [-0.05, 0) is 28.9 Å². The van der Waals surface area contributed by atoms with E-state index in [-0.39, 0.29) is 5.69 Å². The Morgan fingerprint density at radius 2 is 2.08 bits per heavy atom. The summed E-state index contributed by atoms with van der Waals surface area (Å²) in [4.78, 5) is 10.2. The number of nitrogens with one attached hydrogen (secondary N) is 1. The maximum absolute atomic E-state index is 13.4. The van der Waals surface area contributed by atoms with Crippen molar-refractivity contribution < 1.29 is 9.18 Å². The zero-order valence-electron chi connectivity index (χ0n) is 6.70. The molecule has 0 aliphatic heterocycles. The van der Waals surface area contributed by atoms with Crippen LogP contribution >= 0.6 is 31.9 Å². The SMILES string of the molecule is Cc1c(Br)cc(Br)c(NC=O)c1F. The molecule has 0 bridgehead atoms. The van der Waals surface area contributed by atoms with Gasteiger partial charge in [0.1, 0.15) is 0 Å². The van der Waals surface area contributed by atoms with E-state index < -0.39 is 5.82 Å². The first-order valence-electron chi connectivity index (χ1n) is 3.42. The Labute approximate surface area is 91.8 Å². The lowest BCUT2D eigenvalue weighted by Gasteiger charge is -2.08. The van der Waals surface area contributed by atoms with Gasteiger partial charge in [0.25, 0.3) is 0 Å². The molecule has 1 aromatic rings. The minimum Gasteiger partial charge on any atom is -0.325 e. The van der Waals surface area contributed by atoms with Crippen molar-refractivity contribution in [3.05, 3.63) is 26.4 Å². The summed E-state index contributed by atoms with van der Waals surface area (Å²) in [5, 5.41) is 2.29. The van der Waals surface area contributed by atoms with Gasteiger partial charge in [-0.15, -0.1) is 0 Å². The number of benzene rings is 1. The molecule has 0 fully saturated rings. The number of anilines is 1. The Morgan fingerprint density at radius 1 is 1.46 bits per heavy atom. The monoisotopic (exact) mass is 309 g/mol. The number of carbonyl (C=O) groups is 1. The van der Waals surface area contributed by atoms with Gasteiger partial charge in [-0.2, -0.15) is 0 Å². The molecular weight excluding hydrogens is 305 g/mol. The highest BCUT2D eigenvalue weighted by Crippen LogP contribution is 2.32. The standard InChI is InChI=1S/C8H6Br2FNO/c1-4-5(9)2-6(10)8(7(4)11)12-3-13/h2-3H,1H3,(H,12,13). The number of hydrogen-bond donors (Lipinski definition) is 1.